The predicted octanol–water partition coefficient (Wildman–Crippen LogP) is 8.96. The lowest BCUT2D eigenvalue weighted by atomic mass is 9.81. The molecule has 1 aromatic heterocycles. The zero-order valence-electron chi connectivity index (χ0n) is 26.3. The summed E-state index contributed by atoms with van der Waals surface area (Å²) in [7, 11) is 0. The van der Waals surface area contributed by atoms with E-state index in [1.807, 2.05) is 16.1 Å². The number of hydrazone groups is 1. The first-order valence-electron chi connectivity index (χ1n) is 16.8. The van der Waals surface area contributed by atoms with Crippen LogP contribution in [0.25, 0.3) is 0 Å². The Morgan fingerprint density at radius 2 is 1.64 bits per heavy atom. The molecule has 2 amide bonds. The van der Waals surface area contributed by atoms with Crippen molar-refractivity contribution in [3.05, 3.63) is 108 Å². The number of nitrogens with zero attached hydrogens (tertiary/aromatic N) is 4. The molecule has 2 N–H and O–H groups in total. The molecule has 0 unspecified atom stereocenters. The number of rotatable bonds is 8. The van der Waals surface area contributed by atoms with Gasteiger partial charge in [0.05, 0.1) is 23.1 Å². The van der Waals surface area contributed by atoms with E-state index in [1.54, 1.807) is 6.20 Å². The van der Waals surface area contributed by atoms with Crippen LogP contribution in [0, 0.1) is 12.8 Å². The van der Waals surface area contributed by atoms with Gasteiger partial charge in [-0.25, -0.2) is 14.8 Å². The van der Waals surface area contributed by atoms with Crippen LogP contribution in [0.4, 0.5) is 21.9 Å². The maximum atomic E-state index is 14.8. The van der Waals surface area contributed by atoms with Gasteiger partial charge >= 0.3 is 6.03 Å². The van der Waals surface area contributed by atoms with Crippen molar-refractivity contribution in [3.63, 3.8) is 0 Å². The Labute approximate surface area is 266 Å². The summed E-state index contributed by atoms with van der Waals surface area (Å²) in [5.74, 6) is 1.87. The third kappa shape index (κ3) is 6.39. The fraction of sp³-hybridized carbons (Fsp3) is 0.395. The van der Waals surface area contributed by atoms with Crippen molar-refractivity contribution in [2.45, 2.75) is 83.1 Å². The molecule has 0 saturated heterocycles. The number of aromatic nitrogens is 2. The summed E-state index contributed by atoms with van der Waals surface area (Å²) < 4.78 is 0. The van der Waals surface area contributed by atoms with Crippen molar-refractivity contribution in [1.29, 1.82) is 0 Å². The van der Waals surface area contributed by atoms with Crippen LogP contribution in [0.3, 0.4) is 0 Å². The number of anilines is 3. The second-order valence-corrected chi connectivity index (χ2v) is 13.0. The lowest BCUT2D eigenvalue weighted by Gasteiger charge is -2.36. The molecule has 0 atom stereocenters. The number of hydrogen-bond donors (Lipinski definition) is 2. The van der Waals surface area contributed by atoms with E-state index in [1.165, 1.54) is 24.8 Å². The Kier molecular flexibility index (Phi) is 8.67. The number of nitrogens with one attached hydrogen (secondary N) is 2. The Morgan fingerprint density at radius 1 is 0.867 bits per heavy atom. The van der Waals surface area contributed by atoms with Gasteiger partial charge in [-0.05, 0) is 92.8 Å². The number of fused-ring (bicyclic) bond motifs is 1. The van der Waals surface area contributed by atoms with E-state index in [0.29, 0.717) is 11.8 Å². The van der Waals surface area contributed by atoms with E-state index in [-0.39, 0.29) is 12.1 Å². The van der Waals surface area contributed by atoms with E-state index in [0.717, 1.165) is 91.2 Å². The molecular formula is C38H44N6O. The highest BCUT2D eigenvalue weighted by Gasteiger charge is 2.38. The number of carbonyl (C=O) groups excluding carboxylic acids is 1. The summed E-state index contributed by atoms with van der Waals surface area (Å²) in [6.45, 7) is 2.88. The van der Waals surface area contributed by atoms with Gasteiger partial charge in [0.25, 0.3) is 0 Å². The molecule has 45 heavy (non-hydrogen) atoms. The van der Waals surface area contributed by atoms with Gasteiger partial charge in [-0.15, -0.1) is 0 Å². The third-order valence-corrected chi connectivity index (χ3v) is 9.95. The lowest BCUT2D eigenvalue weighted by Crippen LogP contribution is -2.44. The molecule has 0 bridgehead atoms. The van der Waals surface area contributed by atoms with Crippen molar-refractivity contribution >= 4 is 28.8 Å². The number of aryl methyl sites for hydroxylation is 1. The quantitative estimate of drug-likeness (QED) is 0.212. The van der Waals surface area contributed by atoms with Gasteiger partial charge < -0.3 is 10.3 Å². The highest BCUT2D eigenvalue weighted by Crippen LogP contribution is 2.41. The van der Waals surface area contributed by atoms with Crippen molar-refractivity contribution < 1.29 is 4.79 Å². The third-order valence-electron chi connectivity index (χ3n) is 9.95. The minimum Gasteiger partial charge on any atom is -0.385 e. The van der Waals surface area contributed by atoms with E-state index >= 15 is 0 Å². The van der Waals surface area contributed by atoms with Crippen molar-refractivity contribution in [2.24, 2.45) is 11.0 Å². The second kappa shape index (κ2) is 13.3. The summed E-state index contributed by atoms with van der Waals surface area (Å²) in [6, 6.07) is 25.7. The van der Waals surface area contributed by atoms with Crippen LogP contribution in [0.2, 0.25) is 0 Å². The molecule has 7 heteroatoms. The van der Waals surface area contributed by atoms with Crippen molar-refractivity contribution in [3.8, 4) is 0 Å². The van der Waals surface area contributed by atoms with Gasteiger partial charge in [0.2, 0.25) is 0 Å². The number of amides is 2. The zero-order valence-corrected chi connectivity index (χ0v) is 26.3. The molecule has 3 aliphatic rings. The van der Waals surface area contributed by atoms with E-state index < -0.39 is 0 Å². The second-order valence-electron chi connectivity index (χ2n) is 13.0. The number of aromatic amines is 1. The molecule has 2 aliphatic carbocycles. The normalized spacial score (nSPS) is 20.8. The lowest BCUT2D eigenvalue weighted by molar-refractivity contribution is 0.162. The minimum atomic E-state index is -0.0469. The average Bonchev–Trinajstić information content (AvgIpc) is 3.57. The molecule has 7 nitrogen and oxygen atoms in total. The SMILES string of the molecule is Cc1ccc2c(c1)N(c1ccc(NCCc3ncc[nH]3)cc1)C(=O)N(C1CCC(c3ccccc3)CC1)N=C2C1CCCCC1. The van der Waals surface area contributed by atoms with Crippen LogP contribution < -0.4 is 10.2 Å². The molecule has 3 aromatic carbocycles. The number of imidazole rings is 1. The Hall–Kier alpha value is -4.39. The zero-order chi connectivity index (χ0) is 30.6. The molecule has 2 saturated carbocycles. The summed E-state index contributed by atoms with van der Waals surface area (Å²) in [5, 5.41) is 10.7. The number of H-pyrrole nitrogens is 1. The van der Waals surface area contributed by atoms with Gasteiger partial charge in [-0.3, -0.25) is 4.90 Å². The first-order valence-corrected chi connectivity index (χ1v) is 16.8. The molecular weight excluding hydrogens is 556 g/mol. The van der Waals surface area contributed by atoms with Crippen LogP contribution in [0.15, 0.2) is 90.3 Å². The fourth-order valence-corrected chi connectivity index (χ4v) is 7.49. The van der Waals surface area contributed by atoms with E-state index in [4.69, 9.17) is 5.10 Å². The molecule has 232 valence electrons. The maximum absolute atomic E-state index is 14.8. The summed E-state index contributed by atoms with van der Waals surface area (Å²) in [6.07, 6.45) is 14.5. The van der Waals surface area contributed by atoms with Crippen LogP contribution >= 0.6 is 0 Å². The minimum absolute atomic E-state index is 0.0469. The van der Waals surface area contributed by atoms with E-state index in [2.05, 4.69) is 95.0 Å². The number of hydrogen-bond acceptors (Lipinski definition) is 4. The van der Waals surface area contributed by atoms with Gasteiger partial charge in [0.1, 0.15) is 5.82 Å². The molecule has 0 radical (unpaired) electrons. The summed E-state index contributed by atoms with van der Waals surface area (Å²) >= 11 is 0. The topological polar surface area (TPSA) is 76.6 Å². The van der Waals surface area contributed by atoms with Crippen LogP contribution in [-0.2, 0) is 6.42 Å². The number of benzene rings is 3. The molecule has 2 fully saturated rings. The molecule has 2 heterocycles. The average molecular weight is 601 g/mol. The van der Waals surface area contributed by atoms with Crippen molar-refractivity contribution in [2.75, 3.05) is 16.8 Å². The van der Waals surface area contributed by atoms with Crippen LogP contribution in [-0.4, -0.2) is 39.3 Å². The molecule has 7 rings (SSSR count). The van der Waals surface area contributed by atoms with Crippen LogP contribution in [0.1, 0.15) is 86.2 Å². The first-order chi connectivity index (χ1) is 22.1. The molecule has 4 aromatic rings. The van der Waals surface area contributed by atoms with E-state index in [9.17, 15) is 4.79 Å². The smallest absolute Gasteiger partial charge is 0.349 e. The van der Waals surface area contributed by atoms with Gasteiger partial charge in [-0.2, -0.15) is 5.10 Å². The Morgan fingerprint density at radius 3 is 2.38 bits per heavy atom. The summed E-state index contributed by atoms with van der Waals surface area (Å²) in [5.41, 5.74) is 7.58. The Bertz CT molecular complexity index is 1600. The Balaban J connectivity index is 1.20. The molecule has 0 spiro atoms. The van der Waals surface area contributed by atoms with Gasteiger partial charge in [-0.1, -0.05) is 61.7 Å². The monoisotopic (exact) mass is 600 g/mol. The highest BCUT2D eigenvalue weighted by atomic mass is 16.2. The van der Waals surface area contributed by atoms with Gasteiger partial charge in [0, 0.05) is 42.5 Å². The van der Waals surface area contributed by atoms with Crippen LogP contribution in [0.5, 0.6) is 0 Å². The van der Waals surface area contributed by atoms with Gasteiger partial charge in [0.15, 0.2) is 0 Å². The largest absolute Gasteiger partial charge is 0.385 e. The number of urea groups is 1. The predicted molar refractivity (Wildman–Crippen MR) is 182 cm³/mol. The summed E-state index contributed by atoms with van der Waals surface area (Å²) in [4.78, 5) is 24.2. The standard InChI is InChI=1S/C38H44N6O/c1-27-12-21-34-35(26-27)43(32-19-15-31(16-20-32)39-23-22-36-40-24-25-41-36)38(45)44(42-37(34)30-10-6-3-7-11-30)33-17-13-29(14-18-33)28-8-4-2-5-9-28/h2,4-5,8-9,12,15-16,19-21,24-26,29-30,33,39H,3,6-7,10-11,13-14,17-18,22-23H2,1H3,(H,40,41). The van der Waals surface area contributed by atoms with Crippen molar-refractivity contribution in [1.82, 2.24) is 15.0 Å². The molecule has 1 aliphatic heterocycles. The fourth-order valence-electron chi connectivity index (χ4n) is 7.49. The number of carbonyl (C=O) groups is 1. The first kappa shape index (κ1) is 29.3. The highest BCUT2D eigenvalue weighted by molar-refractivity contribution is 6.14. The maximum Gasteiger partial charge on any atom is 0.349 e.